The van der Waals surface area contributed by atoms with Crippen LogP contribution in [0, 0.1) is 11.3 Å². The van der Waals surface area contributed by atoms with Crippen molar-refractivity contribution in [1.82, 2.24) is 5.32 Å². The molecule has 0 saturated carbocycles. The van der Waals surface area contributed by atoms with Crippen molar-refractivity contribution in [3.63, 3.8) is 0 Å². The summed E-state index contributed by atoms with van der Waals surface area (Å²) >= 11 is 0. The van der Waals surface area contributed by atoms with Crippen molar-refractivity contribution in [2.75, 3.05) is 13.1 Å². The highest BCUT2D eigenvalue weighted by atomic mass is 16.4. The van der Waals surface area contributed by atoms with E-state index in [2.05, 4.69) is 5.32 Å². The predicted molar refractivity (Wildman–Crippen MR) is 75.7 cm³/mol. The summed E-state index contributed by atoms with van der Waals surface area (Å²) in [6, 6.07) is 0. The third-order valence-corrected chi connectivity index (χ3v) is 3.41. The minimum Gasteiger partial charge on any atom is -0.481 e. The molecule has 0 radical (unpaired) electrons. The van der Waals surface area contributed by atoms with Crippen molar-refractivity contribution >= 4 is 11.9 Å². The van der Waals surface area contributed by atoms with Crippen molar-refractivity contribution in [3.8, 4) is 0 Å². The predicted octanol–water partition coefficient (Wildman–Crippen LogP) is 1.76. The molecule has 0 saturated heterocycles. The lowest BCUT2D eigenvalue weighted by Gasteiger charge is -2.23. The number of amides is 1. The van der Waals surface area contributed by atoms with Crippen LogP contribution in [0.4, 0.5) is 0 Å². The van der Waals surface area contributed by atoms with Crippen LogP contribution in [0.15, 0.2) is 0 Å². The molecule has 1 amide bonds. The summed E-state index contributed by atoms with van der Waals surface area (Å²) in [6.07, 6.45) is 2.91. The van der Waals surface area contributed by atoms with Crippen molar-refractivity contribution < 1.29 is 14.7 Å². The molecular formula is C14H28N2O3. The van der Waals surface area contributed by atoms with Gasteiger partial charge in [0.05, 0.1) is 0 Å². The van der Waals surface area contributed by atoms with E-state index in [0.29, 0.717) is 31.8 Å². The Kier molecular flexibility index (Phi) is 8.39. The summed E-state index contributed by atoms with van der Waals surface area (Å²) in [5, 5.41) is 11.5. The molecule has 0 rings (SSSR count). The molecule has 19 heavy (non-hydrogen) atoms. The van der Waals surface area contributed by atoms with Gasteiger partial charge in [-0.25, -0.2) is 0 Å². The van der Waals surface area contributed by atoms with Crippen LogP contribution in [0.3, 0.4) is 0 Å². The Morgan fingerprint density at radius 1 is 1.26 bits per heavy atom. The summed E-state index contributed by atoms with van der Waals surface area (Å²) in [5.41, 5.74) is 5.43. The van der Waals surface area contributed by atoms with Crippen LogP contribution in [0.2, 0.25) is 0 Å². The average Bonchev–Trinajstić information content (AvgIpc) is 2.33. The number of carbonyl (C=O) groups is 2. The molecule has 0 aliphatic rings. The lowest BCUT2D eigenvalue weighted by molar-refractivity contribution is -0.137. The topological polar surface area (TPSA) is 92.4 Å². The molecule has 0 spiro atoms. The van der Waals surface area contributed by atoms with Crippen LogP contribution in [-0.4, -0.2) is 30.1 Å². The SMILES string of the molecule is CC(CN)CCC(=O)NCCC(C)(C)CCC(=O)O. The number of carboxylic acid groups (broad SMARTS) is 1. The van der Waals surface area contributed by atoms with Crippen LogP contribution in [0.25, 0.3) is 0 Å². The van der Waals surface area contributed by atoms with E-state index in [1.165, 1.54) is 0 Å². The second-order valence-electron chi connectivity index (χ2n) is 6.04. The Morgan fingerprint density at radius 3 is 2.42 bits per heavy atom. The number of nitrogens with two attached hydrogens (primary N) is 1. The molecule has 0 aliphatic heterocycles. The fourth-order valence-corrected chi connectivity index (χ4v) is 1.69. The molecule has 1 unspecified atom stereocenters. The fraction of sp³-hybridized carbons (Fsp3) is 0.857. The molecule has 0 aromatic heterocycles. The zero-order chi connectivity index (χ0) is 14.9. The molecule has 0 aromatic rings. The van der Waals surface area contributed by atoms with Gasteiger partial charge in [0.1, 0.15) is 0 Å². The second-order valence-corrected chi connectivity index (χ2v) is 6.04. The van der Waals surface area contributed by atoms with Crippen LogP contribution in [0.1, 0.15) is 52.9 Å². The number of hydrogen-bond donors (Lipinski definition) is 3. The van der Waals surface area contributed by atoms with E-state index < -0.39 is 5.97 Å². The fourth-order valence-electron chi connectivity index (χ4n) is 1.69. The first-order chi connectivity index (χ1) is 8.76. The Labute approximate surface area is 115 Å². The van der Waals surface area contributed by atoms with Gasteiger partial charge in [-0.2, -0.15) is 0 Å². The molecule has 112 valence electrons. The minimum absolute atomic E-state index is 0.0503. The Balaban J connectivity index is 3.76. The molecule has 0 fully saturated rings. The highest BCUT2D eigenvalue weighted by Gasteiger charge is 2.19. The molecule has 5 nitrogen and oxygen atoms in total. The van der Waals surface area contributed by atoms with Gasteiger partial charge in [-0.05, 0) is 37.1 Å². The second kappa shape index (κ2) is 8.91. The summed E-state index contributed by atoms with van der Waals surface area (Å²) < 4.78 is 0. The van der Waals surface area contributed by atoms with E-state index in [1.807, 2.05) is 20.8 Å². The van der Waals surface area contributed by atoms with E-state index in [9.17, 15) is 9.59 Å². The molecule has 0 bridgehead atoms. The molecular weight excluding hydrogens is 244 g/mol. The zero-order valence-corrected chi connectivity index (χ0v) is 12.4. The van der Waals surface area contributed by atoms with Crippen LogP contribution in [-0.2, 0) is 9.59 Å². The van der Waals surface area contributed by atoms with Gasteiger partial charge in [-0.1, -0.05) is 20.8 Å². The maximum absolute atomic E-state index is 11.6. The standard InChI is InChI=1S/C14H28N2O3/c1-11(10-15)4-5-12(17)16-9-8-14(2,3)7-6-13(18)19/h11H,4-10,15H2,1-3H3,(H,16,17)(H,18,19). The normalized spacial score (nSPS) is 13.1. The number of nitrogens with one attached hydrogen (secondary N) is 1. The first-order valence-electron chi connectivity index (χ1n) is 6.95. The Bertz CT molecular complexity index is 290. The first-order valence-corrected chi connectivity index (χ1v) is 6.95. The van der Waals surface area contributed by atoms with Crippen LogP contribution < -0.4 is 11.1 Å². The van der Waals surface area contributed by atoms with Gasteiger partial charge in [-0.15, -0.1) is 0 Å². The number of aliphatic carboxylic acids is 1. The lowest BCUT2D eigenvalue weighted by atomic mass is 9.84. The number of carboxylic acids is 1. The van der Waals surface area contributed by atoms with E-state index >= 15 is 0 Å². The quantitative estimate of drug-likeness (QED) is 0.565. The molecule has 0 heterocycles. The monoisotopic (exact) mass is 272 g/mol. The van der Waals surface area contributed by atoms with E-state index in [-0.39, 0.29) is 17.7 Å². The number of hydrogen-bond acceptors (Lipinski definition) is 3. The largest absolute Gasteiger partial charge is 0.481 e. The molecule has 1 atom stereocenters. The van der Waals surface area contributed by atoms with Crippen molar-refractivity contribution in [3.05, 3.63) is 0 Å². The first kappa shape index (κ1) is 17.9. The van der Waals surface area contributed by atoms with Crippen LogP contribution >= 0.6 is 0 Å². The third kappa shape index (κ3) is 10.5. The van der Waals surface area contributed by atoms with E-state index in [1.54, 1.807) is 0 Å². The Morgan fingerprint density at radius 2 is 1.89 bits per heavy atom. The summed E-state index contributed by atoms with van der Waals surface area (Å²) in [4.78, 5) is 22.1. The molecule has 5 heteroatoms. The van der Waals surface area contributed by atoms with E-state index in [0.717, 1.165) is 12.8 Å². The van der Waals surface area contributed by atoms with Gasteiger partial charge in [0, 0.05) is 19.4 Å². The van der Waals surface area contributed by atoms with Gasteiger partial charge in [0.2, 0.25) is 5.91 Å². The summed E-state index contributed by atoms with van der Waals surface area (Å²) in [6.45, 7) is 7.29. The van der Waals surface area contributed by atoms with Gasteiger partial charge in [0.15, 0.2) is 0 Å². The van der Waals surface area contributed by atoms with Gasteiger partial charge < -0.3 is 16.2 Å². The van der Waals surface area contributed by atoms with Crippen LogP contribution in [0.5, 0.6) is 0 Å². The van der Waals surface area contributed by atoms with Gasteiger partial charge in [0.25, 0.3) is 0 Å². The molecule has 4 N–H and O–H groups in total. The maximum atomic E-state index is 11.6. The average molecular weight is 272 g/mol. The third-order valence-electron chi connectivity index (χ3n) is 3.41. The van der Waals surface area contributed by atoms with Crippen molar-refractivity contribution in [2.45, 2.75) is 52.9 Å². The minimum atomic E-state index is -0.770. The zero-order valence-electron chi connectivity index (χ0n) is 12.4. The highest BCUT2D eigenvalue weighted by molar-refractivity contribution is 5.75. The molecule has 0 aliphatic carbocycles. The van der Waals surface area contributed by atoms with Gasteiger partial charge >= 0.3 is 5.97 Å². The number of carbonyl (C=O) groups excluding carboxylic acids is 1. The smallest absolute Gasteiger partial charge is 0.303 e. The number of rotatable bonds is 10. The van der Waals surface area contributed by atoms with Crippen molar-refractivity contribution in [1.29, 1.82) is 0 Å². The highest BCUT2D eigenvalue weighted by Crippen LogP contribution is 2.25. The van der Waals surface area contributed by atoms with Crippen molar-refractivity contribution in [2.24, 2.45) is 17.1 Å². The van der Waals surface area contributed by atoms with Gasteiger partial charge in [-0.3, -0.25) is 9.59 Å². The lowest BCUT2D eigenvalue weighted by Crippen LogP contribution is -2.28. The summed E-state index contributed by atoms with van der Waals surface area (Å²) in [7, 11) is 0. The van der Waals surface area contributed by atoms with E-state index in [4.69, 9.17) is 10.8 Å². The summed E-state index contributed by atoms with van der Waals surface area (Å²) in [5.74, 6) is -0.347. The molecule has 0 aromatic carbocycles. The maximum Gasteiger partial charge on any atom is 0.303 e. The Hall–Kier alpha value is -1.10.